The van der Waals surface area contributed by atoms with Gasteiger partial charge in [-0.25, -0.2) is 0 Å². The second-order valence-electron chi connectivity index (χ2n) is 6.16. The quantitative estimate of drug-likeness (QED) is 0.494. The van der Waals surface area contributed by atoms with E-state index in [1.807, 2.05) is 24.3 Å². The molecular formula is C20H16N2O5S. The molecule has 4 aromatic rings. The number of furan rings is 1. The molecule has 3 N–H and O–H groups in total. The number of nitrogen functional groups attached to an aromatic ring is 1. The maximum absolute atomic E-state index is 12.4. The van der Waals surface area contributed by atoms with Crippen LogP contribution in [0.25, 0.3) is 22.2 Å². The summed E-state index contributed by atoms with van der Waals surface area (Å²) < 4.78 is 35.1. The summed E-state index contributed by atoms with van der Waals surface area (Å²) in [7, 11) is -4.05. The molecule has 2 aromatic heterocycles. The van der Waals surface area contributed by atoms with E-state index >= 15 is 0 Å². The van der Waals surface area contributed by atoms with Crippen LogP contribution >= 0.6 is 0 Å². The van der Waals surface area contributed by atoms with E-state index in [9.17, 15) is 13.5 Å². The Bertz CT molecular complexity index is 1250. The number of nitrogens with two attached hydrogens (primary N) is 1. The first-order chi connectivity index (χ1) is 13.4. The Labute approximate surface area is 161 Å². The maximum Gasteiger partial charge on any atom is 0.313 e. The second kappa shape index (κ2) is 6.90. The number of benzene rings is 2. The molecule has 0 fully saturated rings. The highest BCUT2D eigenvalue weighted by molar-refractivity contribution is 7.86. The van der Waals surface area contributed by atoms with Crippen LogP contribution in [0.15, 0.2) is 71.3 Å². The number of nitrogens with zero attached hydrogens (tertiary/aromatic N) is 1. The van der Waals surface area contributed by atoms with Gasteiger partial charge in [0.25, 0.3) is 0 Å². The van der Waals surface area contributed by atoms with E-state index in [2.05, 4.69) is 4.98 Å². The van der Waals surface area contributed by atoms with Crippen LogP contribution in [0, 0.1) is 0 Å². The van der Waals surface area contributed by atoms with Crippen molar-refractivity contribution in [1.29, 1.82) is 0 Å². The van der Waals surface area contributed by atoms with Crippen LogP contribution in [0.3, 0.4) is 0 Å². The van der Waals surface area contributed by atoms with E-state index in [-0.39, 0.29) is 17.4 Å². The summed E-state index contributed by atoms with van der Waals surface area (Å²) in [4.78, 5) is 4.30. The van der Waals surface area contributed by atoms with Crippen molar-refractivity contribution in [1.82, 2.24) is 4.98 Å². The first-order valence-corrected chi connectivity index (χ1v) is 9.93. The largest absolute Gasteiger partial charge is 0.501 e. The SMILES string of the molecule is Nc1oc(-c2cnc3ccccc3c2)c(O)c1OS(=O)(=O)Cc1ccccc1. The third-order valence-corrected chi connectivity index (χ3v) is 5.22. The molecule has 4 rings (SSSR count). The van der Waals surface area contributed by atoms with Gasteiger partial charge in [0.15, 0.2) is 5.76 Å². The van der Waals surface area contributed by atoms with E-state index in [0.29, 0.717) is 11.1 Å². The summed E-state index contributed by atoms with van der Waals surface area (Å²) in [6.07, 6.45) is 1.50. The van der Waals surface area contributed by atoms with Crippen LogP contribution in [-0.4, -0.2) is 18.5 Å². The van der Waals surface area contributed by atoms with Gasteiger partial charge in [-0.2, -0.15) is 8.42 Å². The monoisotopic (exact) mass is 396 g/mol. The van der Waals surface area contributed by atoms with Crippen LogP contribution in [0.2, 0.25) is 0 Å². The zero-order valence-corrected chi connectivity index (χ0v) is 15.4. The number of aromatic nitrogens is 1. The molecule has 0 aliphatic carbocycles. The van der Waals surface area contributed by atoms with E-state index in [0.717, 1.165) is 10.9 Å². The van der Waals surface area contributed by atoms with Gasteiger partial charge < -0.3 is 19.4 Å². The molecule has 0 aliphatic rings. The minimum Gasteiger partial charge on any atom is -0.501 e. The van der Waals surface area contributed by atoms with Crippen molar-refractivity contribution < 1.29 is 22.1 Å². The summed E-state index contributed by atoms with van der Waals surface area (Å²) in [5.41, 5.74) is 7.51. The fourth-order valence-corrected chi connectivity index (χ4v) is 3.91. The van der Waals surface area contributed by atoms with E-state index in [1.165, 1.54) is 6.20 Å². The lowest BCUT2D eigenvalue weighted by Crippen LogP contribution is -2.12. The molecule has 0 amide bonds. The molecule has 142 valence electrons. The Balaban J connectivity index is 1.67. The lowest BCUT2D eigenvalue weighted by molar-refractivity contribution is 0.432. The maximum atomic E-state index is 12.4. The predicted octanol–water partition coefficient (Wildman–Crippen LogP) is 3.69. The van der Waals surface area contributed by atoms with Gasteiger partial charge in [-0.05, 0) is 17.7 Å². The standard InChI is InChI=1S/C20H16N2O5S/c21-20-19(27-28(24,25)12-13-6-2-1-3-7-13)17(23)18(26-20)15-10-14-8-4-5-9-16(14)22-11-15/h1-11,23H,12,21H2. The summed E-state index contributed by atoms with van der Waals surface area (Å²) in [6, 6.07) is 17.7. The zero-order chi connectivity index (χ0) is 19.7. The lowest BCUT2D eigenvalue weighted by atomic mass is 10.1. The van der Waals surface area contributed by atoms with Crippen LogP contribution in [-0.2, 0) is 15.9 Å². The van der Waals surface area contributed by atoms with E-state index in [1.54, 1.807) is 36.4 Å². The Morgan fingerprint density at radius 2 is 1.79 bits per heavy atom. The summed E-state index contributed by atoms with van der Waals surface area (Å²) in [5, 5.41) is 11.3. The van der Waals surface area contributed by atoms with Gasteiger partial charge >= 0.3 is 10.1 Å². The molecule has 0 saturated heterocycles. The number of aromatic hydroxyl groups is 1. The average Bonchev–Trinajstić information content (AvgIpc) is 2.96. The van der Waals surface area contributed by atoms with Crippen LogP contribution in [0.5, 0.6) is 11.5 Å². The molecule has 0 radical (unpaired) electrons. The molecule has 2 aromatic carbocycles. The van der Waals surface area contributed by atoms with Gasteiger partial charge in [0.2, 0.25) is 17.4 Å². The third kappa shape index (κ3) is 3.49. The van der Waals surface area contributed by atoms with Gasteiger partial charge in [-0.1, -0.05) is 48.5 Å². The molecule has 0 spiro atoms. The fraction of sp³-hybridized carbons (Fsp3) is 0.0500. The average molecular weight is 396 g/mol. The van der Waals surface area contributed by atoms with Crippen LogP contribution < -0.4 is 9.92 Å². The van der Waals surface area contributed by atoms with Crippen molar-refractivity contribution in [3.63, 3.8) is 0 Å². The Hall–Kier alpha value is -3.52. The van der Waals surface area contributed by atoms with Crippen molar-refractivity contribution in [3.8, 4) is 22.8 Å². The van der Waals surface area contributed by atoms with Crippen molar-refractivity contribution in [2.45, 2.75) is 5.75 Å². The van der Waals surface area contributed by atoms with Crippen molar-refractivity contribution >= 4 is 26.9 Å². The van der Waals surface area contributed by atoms with Crippen molar-refractivity contribution in [2.24, 2.45) is 0 Å². The number of para-hydroxylation sites is 1. The predicted molar refractivity (Wildman–Crippen MR) is 105 cm³/mol. The lowest BCUT2D eigenvalue weighted by Gasteiger charge is -2.06. The number of fused-ring (bicyclic) bond motifs is 1. The van der Waals surface area contributed by atoms with Crippen LogP contribution in [0.1, 0.15) is 5.56 Å². The molecule has 7 nitrogen and oxygen atoms in total. The molecule has 8 heteroatoms. The summed E-state index contributed by atoms with van der Waals surface area (Å²) in [5.74, 6) is -1.65. The Morgan fingerprint density at radius 3 is 2.57 bits per heavy atom. The fourth-order valence-electron chi connectivity index (χ4n) is 2.83. The number of rotatable bonds is 5. The van der Waals surface area contributed by atoms with Crippen molar-refractivity contribution in [3.05, 3.63) is 72.4 Å². The number of anilines is 1. The van der Waals surface area contributed by atoms with Gasteiger partial charge in [0.05, 0.1) is 5.52 Å². The number of hydrogen-bond donors (Lipinski definition) is 2. The minimum atomic E-state index is -4.05. The molecule has 0 atom stereocenters. The third-order valence-electron chi connectivity index (χ3n) is 4.12. The van der Waals surface area contributed by atoms with E-state index in [4.69, 9.17) is 14.3 Å². The van der Waals surface area contributed by atoms with Gasteiger partial charge in [0, 0.05) is 17.1 Å². The minimum absolute atomic E-state index is 0.0133. The topological polar surface area (TPSA) is 116 Å². The Morgan fingerprint density at radius 1 is 1.07 bits per heavy atom. The highest BCUT2D eigenvalue weighted by Crippen LogP contribution is 2.45. The summed E-state index contributed by atoms with van der Waals surface area (Å²) in [6.45, 7) is 0. The molecule has 2 heterocycles. The van der Waals surface area contributed by atoms with Gasteiger partial charge in [-0.3, -0.25) is 4.98 Å². The smallest absolute Gasteiger partial charge is 0.313 e. The molecule has 0 saturated carbocycles. The van der Waals surface area contributed by atoms with Crippen molar-refractivity contribution in [2.75, 3.05) is 5.73 Å². The van der Waals surface area contributed by atoms with E-state index < -0.39 is 21.6 Å². The highest BCUT2D eigenvalue weighted by atomic mass is 32.2. The second-order valence-corrected chi connectivity index (χ2v) is 7.73. The molecule has 0 bridgehead atoms. The number of hydrogen-bond acceptors (Lipinski definition) is 7. The van der Waals surface area contributed by atoms with Gasteiger partial charge in [0.1, 0.15) is 5.75 Å². The molecule has 28 heavy (non-hydrogen) atoms. The van der Waals surface area contributed by atoms with Crippen LogP contribution in [0.4, 0.5) is 5.88 Å². The normalized spacial score (nSPS) is 11.6. The Kier molecular flexibility index (Phi) is 4.40. The summed E-state index contributed by atoms with van der Waals surface area (Å²) >= 11 is 0. The highest BCUT2D eigenvalue weighted by Gasteiger charge is 2.26. The first kappa shape index (κ1) is 17.9. The number of pyridine rings is 1. The zero-order valence-electron chi connectivity index (χ0n) is 14.6. The first-order valence-electron chi connectivity index (χ1n) is 8.35. The molecular weight excluding hydrogens is 380 g/mol. The molecule has 0 aliphatic heterocycles. The molecule has 0 unspecified atom stereocenters. The van der Waals surface area contributed by atoms with Gasteiger partial charge in [-0.15, -0.1) is 0 Å².